The molecule has 1 amide bonds. The van der Waals surface area contributed by atoms with E-state index in [-0.39, 0.29) is 5.91 Å². The van der Waals surface area contributed by atoms with Gasteiger partial charge in [-0.25, -0.2) is 0 Å². The number of likely N-dealkylation sites (N-methyl/N-ethyl adjacent to an activating group) is 1. The van der Waals surface area contributed by atoms with E-state index in [9.17, 15) is 4.79 Å². The van der Waals surface area contributed by atoms with Crippen molar-refractivity contribution in [3.63, 3.8) is 0 Å². The molecule has 0 fully saturated rings. The van der Waals surface area contributed by atoms with Crippen LogP contribution in [0, 0.1) is 0 Å². The van der Waals surface area contributed by atoms with Crippen molar-refractivity contribution in [1.29, 1.82) is 0 Å². The number of hydrogen-bond donors (Lipinski definition) is 1. The first-order valence-corrected chi connectivity index (χ1v) is 5.19. The van der Waals surface area contributed by atoms with Gasteiger partial charge in [0, 0.05) is 26.4 Å². The van der Waals surface area contributed by atoms with Crippen LogP contribution in [0.1, 0.15) is 12.5 Å². The zero-order valence-electron chi connectivity index (χ0n) is 9.93. The Kier molecular flexibility index (Phi) is 4.46. The van der Waals surface area contributed by atoms with Crippen LogP contribution in [-0.4, -0.2) is 26.2 Å². The first-order chi connectivity index (χ1) is 7.60. The van der Waals surface area contributed by atoms with Gasteiger partial charge < -0.3 is 15.4 Å². The Morgan fingerprint density at radius 1 is 1.44 bits per heavy atom. The van der Waals surface area contributed by atoms with Gasteiger partial charge in [-0.1, -0.05) is 12.1 Å². The summed E-state index contributed by atoms with van der Waals surface area (Å²) in [6.45, 7) is 2.24. The predicted octanol–water partition coefficient (Wildman–Crippen LogP) is 1.14. The summed E-state index contributed by atoms with van der Waals surface area (Å²) in [5.41, 5.74) is 7.39. The maximum Gasteiger partial charge on any atom is 0.255 e. The molecule has 4 heteroatoms. The third-order valence-electron chi connectivity index (χ3n) is 2.59. The van der Waals surface area contributed by atoms with Gasteiger partial charge in [-0.2, -0.15) is 0 Å². The fraction of sp³-hybridized carbons (Fsp3) is 0.417. The minimum absolute atomic E-state index is 0.0667. The van der Waals surface area contributed by atoms with E-state index in [1.165, 1.54) is 7.11 Å². The largest absolute Gasteiger partial charge is 0.372 e. The van der Waals surface area contributed by atoms with E-state index >= 15 is 0 Å². The number of ether oxygens (including phenoxy) is 1. The van der Waals surface area contributed by atoms with E-state index in [0.29, 0.717) is 6.54 Å². The summed E-state index contributed by atoms with van der Waals surface area (Å²) < 4.78 is 4.99. The number of carbonyl (C=O) groups excluding carboxylic acids is 1. The summed E-state index contributed by atoms with van der Waals surface area (Å²) in [4.78, 5) is 13.4. The van der Waals surface area contributed by atoms with E-state index in [2.05, 4.69) is 0 Å². The van der Waals surface area contributed by atoms with Gasteiger partial charge in [0.05, 0.1) is 0 Å². The molecule has 1 unspecified atom stereocenters. The highest BCUT2D eigenvalue weighted by molar-refractivity contribution is 5.95. The lowest BCUT2D eigenvalue weighted by Crippen LogP contribution is -2.35. The second-order valence-corrected chi connectivity index (χ2v) is 3.65. The Bertz CT molecular complexity index is 349. The summed E-state index contributed by atoms with van der Waals surface area (Å²) in [6, 6.07) is 7.58. The van der Waals surface area contributed by atoms with Gasteiger partial charge in [0.25, 0.3) is 5.91 Å². The van der Waals surface area contributed by atoms with Crippen molar-refractivity contribution in [3.05, 3.63) is 29.8 Å². The Balaban J connectivity index is 2.79. The number of amides is 1. The van der Waals surface area contributed by atoms with Gasteiger partial charge in [0.1, 0.15) is 6.10 Å². The van der Waals surface area contributed by atoms with Crippen LogP contribution in [0.15, 0.2) is 24.3 Å². The summed E-state index contributed by atoms with van der Waals surface area (Å²) in [5, 5.41) is 0. The zero-order chi connectivity index (χ0) is 12.1. The molecular formula is C12H18N2O2. The van der Waals surface area contributed by atoms with Gasteiger partial charge in [-0.15, -0.1) is 0 Å². The van der Waals surface area contributed by atoms with Gasteiger partial charge >= 0.3 is 0 Å². The van der Waals surface area contributed by atoms with Gasteiger partial charge in [-0.3, -0.25) is 4.79 Å². The Hall–Kier alpha value is -1.39. The first-order valence-electron chi connectivity index (χ1n) is 5.19. The van der Waals surface area contributed by atoms with Crippen molar-refractivity contribution in [3.8, 4) is 0 Å². The van der Waals surface area contributed by atoms with Crippen molar-refractivity contribution in [2.24, 2.45) is 5.73 Å². The molecule has 1 atom stereocenters. The molecule has 0 aromatic heterocycles. The molecule has 1 aromatic carbocycles. The molecule has 0 aliphatic carbocycles. The molecule has 4 nitrogen and oxygen atoms in total. The highest BCUT2D eigenvalue weighted by atomic mass is 16.5. The lowest BCUT2D eigenvalue weighted by molar-refractivity contribution is -0.127. The van der Waals surface area contributed by atoms with Crippen LogP contribution in [0.3, 0.4) is 0 Å². The van der Waals surface area contributed by atoms with Crippen molar-refractivity contribution < 1.29 is 9.53 Å². The van der Waals surface area contributed by atoms with Crippen LogP contribution in [0.2, 0.25) is 0 Å². The zero-order valence-corrected chi connectivity index (χ0v) is 9.93. The van der Waals surface area contributed by atoms with Gasteiger partial charge in [0.15, 0.2) is 0 Å². The molecule has 0 radical (unpaired) electrons. The van der Waals surface area contributed by atoms with E-state index in [1.807, 2.05) is 24.3 Å². The van der Waals surface area contributed by atoms with Crippen LogP contribution in [-0.2, 0) is 16.1 Å². The average Bonchev–Trinajstić information content (AvgIpc) is 2.36. The lowest BCUT2D eigenvalue weighted by atomic mass is 10.2. The molecular weight excluding hydrogens is 204 g/mol. The molecule has 88 valence electrons. The van der Waals surface area contributed by atoms with Gasteiger partial charge in [0.2, 0.25) is 0 Å². The molecule has 2 N–H and O–H groups in total. The van der Waals surface area contributed by atoms with E-state index < -0.39 is 6.10 Å². The smallest absolute Gasteiger partial charge is 0.255 e. The predicted molar refractivity (Wildman–Crippen MR) is 64.2 cm³/mol. The van der Waals surface area contributed by atoms with Crippen molar-refractivity contribution >= 4 is 11.6 Å². The second kappa shape index (κ2) is 5.63. The fourth-order valence-electron chi connectivity index (χ4n) is 1.36. The molecule has 0 heterocycles. The summed E-state index contributed by atoms with van der Waals surface area (Å²) in [5.74, 6) is -0.0667. The summed E-state index contributed by atoms with van der Waals surface area (Å²) >= 11 is 0. The Labute approximate surface area is 96.0 Å². The van der Waals surface area contributed by atoms with Crippen LogP contribution < -0.4 is 10.6 Å². The summed E-state index contributed by atoms with van der Waals surface area (Å²) in [7, 11) is 3.25. The molecule has 0 saturated carbocycles. The maximum atomic E-state index is 11.8. The number of anilines is 1. The maximum absolute atomic E-state index is 11.8. The lowest BCUT2D eigenvalue weighted by Gasteiger charge is -2.20. The number of nitrogens with two attached hydrogens (primary N) is 1. The summed E-state index contributed by atoms with van der Waals surface area (Å²) in [6.07, 6.45) is -0.431. The molecule has 1 aromatic rings. The topological polar surface area (TPSA) is 55.6 Å². The molecule has 0 saturated heterocycles. The van der Waals surface area contributed by atoms with Crippen LogP contribution >= 0.6 is 0 Å². The number of benzene rings is 1. The van der Waals surface area contributed by atoms with E-state index in [0.717, 1.165) is 11.3 Å². The molecule has 0 aliphatic rings. The highest BCUT2D eigenvalue weighted by Crippen LogP contribution is 2.15. The molecule has 0 aliphatic heterocycles. The first kappa shape index (κ1) is 12.7. The van der Waals surface area contributed by atoms with Crippen molar-refractivity contribution in [1.82, 2.24) is 0 Å². The van der Waals surface area contributed by atoms with Crippen LogP contribution in [0.4, 0.5) is 5.69 Å². The minimum atomic E-state index is -0.431. The molecule has 0 spiro atoms. The van der Waals surface area contributed by atoms with Crippen LogP contribution in [0.25, 0.3) is 0 Å². The minimum Gasteiger partial charge on any atom is -0.372 e. The molecule has 1 rings (SSSR count). The number of methoxy groups -OCH3 is 1. The monoisotopic (exact) mass is 222 g/mol. The molecule has 16 heavy (non-hydrogen) atoms. The third-order valence-corrected chi connectivity index (χ3v) is 2.59. The number of carbonyl (C=O) groups is 1. The van der Waals surface area contributed by atoms with E-state index in [1.54, 1.807) is 18.9 Å². The van der Waals surface area contributed by atoms with Crippen LogP contribution in [0.5, 0.6) is 0 Å². The third kappa shape index (κ3) is 2.81. The average molecular weight is 222 g/mol. The fourth-order valence-corrected chi connectivity index (χ4v) is 1.36. The normalized spacial score (nSPS) is 12.2. The highest BCUT2D eigenvalue weighted by Gasteiger charge is 2.17. The number of rotatable bonds is 4. The SMILES string of the molecule is COC(C)C(=O)N(C)c1ccc(CN)cc1. The second-order valence-electron chi connectivity index (χ2n) is 3.65. The van der Waals surface area contributed by atoms with Crippen molar-refractivity contribution in [2.75, 3.05) is 19.1 Å². The van der Waals surface area contributed by atoms with Gasteiger partial charge in [-0.05, 0) is 24.6 Å². The molecule has 0 bridgehead atoms. The quantitative estimate of drug-likeness (QED) is 0.831. The number of hydrogen-bond acceptors (Lipinski definition) is 3. The Morgan fingerprint density at radius 2 is 2.00 bits per heavy atom. The van der Waals surface area contributed by atoms with Crippen molar-refractivity contribution in [2.45, 2.75) is 19.6 Å². The standard InChI is InChI=1S/C12H18N2O2/c1-9(16-3)12(15)14(2)11-6-4-10(8-13)5-7-11/h4-7,9H,8,13H2,1-3H3. The van der Waals surface area contributed by atoms with E-state index in [4.69, 9.17) is 10.5 Å². The Morgan fingerprint density at radius 3 is 2.44 bits per heavy atom. The number of nitrogens with zero attached hydrogens (tertiary/aromatic N) is 1.